The van der Waals surface area contributed by atoms with Crippen LogP contribution in [0, 0.1) is 19.7 Å². The van der Waals surface area contributed by atoms with Gasteiger partial charge in [-0.05, 0) is 38.1 Å². The van der Waals surface area contributed by atoms with Gasteiger partial charge in [-0.25, -0.2) is 12.8 Å². The number of sulfonamides is 1. The van der Waals surface area contributed by atoms with Crippen molar-refractivity contribution in [3.63, 3.8) is 0 Å². The standard InChI is InChI=1S/C15H17FN2O2S/c1-10-4-6-13(7-5-10)18(3)21(19,20)15-9-12(17)8-14(16)11(15)2/h4-9H,17H2,1-3H3. The van der Waals surface area contributed by atoms with Crippen molar-refractivity contribution in [1.82, 2.24) is 0 Å². The van der Waals surface area contributed by atoms with Crippen molar-refractivity contribution in [2.75, 3.05) is 17.1 Å². The molecule has 2 aromatic carbocycles. The van der Waals surface area contributed by atoms with Crippen LogP contribution in [0.2, 0.25) is 0 Å². The van der Waals surface area contributed by atoms with Crippen LogP contribution in [0.5, 0.6) is 0 Å². The highest BCUT2D eigenvalue weighted by Crippen LogP contribution is 2.27. The normalized spacial score (nSPS) is 11.4. The molecule has 0 spiro atoms. The number of hydrogen-bond acceptors (Lipinski definition) is 3. The molecule has 0 fully saturated rings. The zero-order chi connectivity index (χ0) is 15.8. The Morgan fingerprint density at radius 2 is 1.67 bits per heavy atom. The number of anilines is 2. The predicted octanol–water partition coefficient (Wildman–Crippen LogP) is 2.85. The van der Waals surface area contributed by atoms with Crippen molar-refractivity contribution in [3.05, 3.63) is 53.3 Å². The summed E-state index contributed by atoms with van der Waals surface area (Å²) in [6.45, 7) is 3.33. The summed E-state index contributed by atoms with van der Waals surface area (Å²) < 4.78 is 40.1. The fraction of sp³-hybridized carbons (Fsp3) is 0.200. The SMILES string of the molecule is Cc1ccc(N(C)S(=O)(=O)c2cc(N)cc(F)c2C)cc1. The minimum Gasteiger partial charge on any atom is -0.399 e. The maximum Gasteiger partial charge on any atom is 0.264 e. The van der Waals surface area contributed by atoms with Gasteiger partial charge in [0.1, 0.15) is 5.82 Å². The molecule has 4 nitrogen and oxygen atoms in total. The van der Waals surface area contributed by atoms with Crippen molar-refractivity contribution < 1.29 is 12.8 Å². The summed E-state index contributed by atoms with van der Waals surface area (Å²) in [6, 6.07) is 9.41. The average molecular weight is 308 g/mol. The molecule has 0 atom stereocenters. The fourth-order valence-electron chi connectivity index (χ4n) is 1.98. The van der Waals surface area contributed by atoms with E-state index in [1.165, 1.54) is 20.0 Å². The topological polar surface area (TPSA) is 63.4 Å². The van der Waals surface area contributed by atoms with Crippen molar-refractivity contribution in [2.45, 2.75) is 18.7 Å². The molecule has 0 aromatic heterocycles. The molecule has 21 heavy (non-hydrogen) atoms. The lowest BCUT2D eigenvalue weighted by atomic mass is 10.2. The second kappa shape index (κ2) is 5.37. The molecule has 2 N–H and O–H groups in total. The van der Waals surface area contributed by atoms with Gasteiger partial charge in [-0.2, -0.15) is 0 Å². The van der Waals surface area contributed by atoms with E-state index in [4.69, 9.17) is 5.73 Å². The zero-order valence-corrected chi connectivity index (χ0v) is 12.9. The van der Waals surface area contributed by atoms with Gasteiger partial charge in [0, 0.05) is 18.3 Å². The average Bonchev–Trinajstić information content (AvgIpc) is 2.42. The zero-order valence-electron chi connectivity index (χ0n) is 12.1. The number of rotatable bonds is 3. The van der Waals surface area contributed by atoms with Gasteiger partial charge in [0.05, 0.1) is 10.6 Å². The van der Waals surface area contributed by atoms with Crippen molar-refractivity contribution in [1.29, 1.82) is 0 Å². The maximum absolute atomic E-state index is 13.7. The summed E-state index contributed by atoms with van der Waals surface area (Å²) in [4.78, 5) is -0.122. The third-order valence-electron chi connectivity index (χ3n) is 3.36. The summed E-state index contributed by atoms with van der Waals surface area (Å²) in [5, 5.41) is 0. The van der Waals surface area contributed by atoms with Gasteiger partial charge >= 0.3 is 0 Å². The van der Waals surface area contributed by atoms with Crippen LogP contribution in [-0.2, 0) is 10.0 Å². The minimum absolute atomic E-state index is 0.0585. The lowest BCUT2D eigenvalue weighted by molar-refractivity contribution is 0.585. The second-order valence-electron chi connectivity index (χ2n) is 4.93. The van der Waals surface area contributed by atoms with Gasteiger partial charge < -0.3 is 5.73 Å². The summed E-state index contributed by atoms with van der Waals surface area (Å²) in [5.41, 5.74) is 7.22. The summed E-state index contributed by atoms with van der Waals surface area (Å²) in [6.07, 6.45) is 0. The summed E-state index contributed by atoms with van der Waals surface area (Å²) in [5.74, 6) is -0.633. The van der Waals surface area contributed by atoms with Crippen molar-refractivity contribution in [2.24, 2.45) is 0 Å². The molecule has 0 amide bonds. The number of nitrogens with two attached hydrogens (primary N) is 1. The molecule has 0 bridgehead atoms. The molecule has 2 rings (SSSR count). The first-order chi connectivity index (χ1) is 9.73. The molecule has 0 saturated heterocycles. The summed E-state index contributed by atoms with van der Waals surface area (Å²) >= 11 is 0. The van der Waals surface area contributed by atoms with Crippen molar-refractivity contribution in [3.8, 4) is 0 Å². The number of aryl methyl sites for hydroxylation is 1. The van der Waals surface area contributed by atoms with Crippen LogP contribution in [0.4, 0.5) is 15.8 Å². The van der Waals surface area contributed by atoms with E-state index in [-0.39, 0.29) is 16.1 Å². The molecule has 0 saturated carbocycles. The first-order valence-corrected chi connectivity index (χ1v) is 7.78. The van der Waals surface area contributed by atoms with Gasteiger partial charge in [-0.1, -0.05) is 17.7 Å². The van der Waals surface area contributed by atoms with Crippen LogP contribution in [0.1, 0.15) is 11.1 Å². The second-order valence-corrected chi connectivity index (χ2v) is 6.87. The van der Waals surface area contributed by atoms with Gasteiger partial charge in [0.2, 0.25) is 0 Å². The van der Waals surface area contributed by atoms with Gasteiger partial charge in [-0.3, -0.25) is 4.31 Å². The predicted molar refractivity (Wildman–Crippen MR) is 82.3 cm³/mol. The van der Waals surface area contributed by atoms with Crippen LogP contribution in [-0.4, -0.2) is 15.5 Å². The molecule has 0 aliphatic carbocycles. The Morgan fingerprint density at radius 3 is 2.24 bits per heavy atom. The highest BCUT2D eigenvalue weighted by atomic mass is 32.2. The van der Waals surface area contributed by atoms with E-state index in [0.29, 0.717) is 5.69 Å². The highest BCUT2D eigenvalue weighted by molar-refractivity contribution is 7.92. The van der Waals surface area contributed by atoms with Crippen LogP contribution in [0.25, 0.3) is 0 Å². The van der Waals surface area contributed by atoms with E-state index < -0.39 is 15.8 Å². The number of nitrogens with zero attached hydrogens (tertiary/aromatic N) is 1. The summed E-state index contributed by atoms with van der Waals surface area (Å²) in [7, 11) is -2.44. The Labute approximate surface area is 124 Å². The molecule has 2 aromatic rings. The Hall–Kier alpha value is -2.08. The lowest BCUT2D eigenvalue weighted by Gasteiger charge is -2.21. The largest absolute Gasteiger partial charge is 0.399 e. The molecule has 0 heterocycles. The van der Waals surface area contributed by atoms with Crippen LogP contribution >= 0.6 is 0 Å². The third-order valence-corrected chi connectivity index (χ3v) is 5.27. The van der Waals surface area contributed by atoms with Gasteiger partial charge in [-0.15, -0.1) is 0 Å². The van der Waals surface area contributed by atoms with Crippen molar-refractivity contribution >= 4 is 21.4 Å². The molecule has 112 valence electrons. The molecule has 0 aliphatic heterocycles. The lowest BCUT2D eigenvalue weighted by Crippen LogP contribution is -2.27. The smallest absolute Gasteiger partial charge is 0.264 e. The van der Waals surface area contributed by atoms with Crippen LogP contribution < -0.4 is 10.0 Å². The molecular formula is C15H17FN2O2S. The van der Waals surface area contributed by atoms with E-state index in [2.05, 4.69) is 0 Å². The van der Waals surface area contributed by atoms with E-state index >= 15 is 0 Å². The Kier molecular flexibility index (Phi) is 3.91. The van der Waals surface area contributed by atoms with E-state index in [1.807, 2.05) is 19.1 Å². The fourth-order valence-corrected chi connectivity index (χ4v) is 3.45. The highest BCUT2D eigenvalue weighted by Gasteiger charge is 2.25. The number of halogens is 1. The van der Waals surface area contributed by atoms with E-state index in [1.54, 1.807) is 12.1 Å². The molecular weight excluding hydrogens is 291 g/mol. The number of hydrogen-bond donors (Lipinski definition) is 1. The van der Waals surface area contributed by atoms with Gasteiger partial charge in [0.25, 0.3) is 10.0 Å². The molecule has 0 unspecified atom stereocenters. The molecule has 0 radical (unpaired) electrons. The monoisotopic (exact) mass is 308 g/mol. The Morgan fingerprint density at radius 1 is 1.10 bits per heavy atom. The van der Waals surface area contributed by atoms with Crippen LogP contribution in [0.3, 0.4) is 0 Å². The number of benzene rings is 2. The van der Waals surface area contributed by atoms with E-state index in [0.717, 1.165) is 15.9 Å². The first-order valence-electron chi connectivity index (χ1n) is 6.34. The Balaban J connectivity index is 2.54. The molecule has 0 aliphatic rings. The number of nitrogen functional groups attached to an aromatic ring is 1. The first kappa shape index (κ1) is 15.3. The quantitative estimate of drug-likeness (QED) is 0.887. The van der Waals surface area contributed by atoms with Crippen LogP contribution in [0.15, 0.2) is 41.3 Å². The van der Waals surface area contributed by atoms with Gasteiger partial charge in [0.15, 0.2) is 0 Å². The Bertz CT molecular complexity index is 771. The van der Waals surface area contributed by atoms with E-state index in [9.17, 15) is 12.8 Å². The maximum atomic E-state index is 13.7. The third kappa shape index (κ3) is 2.85. The minimum atomic E-state index is -3.87. The molecule has 6 heteroatoms.